The van der Waals surface area contributed by atoms with Crippen molar-refractivity contribution in [1.82, 2.24) is 5.43 Å². The number of benzene rings is 1. The maximum absolute atomic E-state index is 11.9. The molecule has 114 valence electrons. The van der Waals surface area contributed by atoms with Gasteiger partial charge in [-0.05, 0) is 36.2 Å². The quantitative estimate of drug-likeness (QED) is 0.564. The molecule has 0 unspecified atom stereocenters. The number of nitrogens with zero attached hydrogens (tertiary/aromatic N) is 1. The average Bonchev–Trinajstić information content (AvgIpc) is 3.03. The predicted molar refractivity (Wildman–Crippen MR) is 86.4 cm³/mol. The van der Waals surface area contributed by atoms with Crippen LogP contribution in [-0.4, -0.2) is 11.6 Å². The standard InChI is InChI=1S/C16H18N4O2/c1-3-14(20-19-11(2)17)12-6-8-13(9-7-12)18-16(21)15-5-4-10-22-15/h4-10,19H,2-3,17H2,1H3,(H,18,21)/b20-14-. The van der Waals surface area contributed by atoms with E-state index in [9.17, 15) is 4.79 Å². The molecule has 0 saturated carbocycles. The van der Waals surface area contributed by atoms with E-state index in [1.165, 1.54) is 6.26 Å². The Kier molecular flexibility index (Phi) is 4.98. The van der Waals surface area contributed by atoms with Crippen molar-refractivity contribution in [2.45, 2.75) is 13.3 Å². The number of hydrazone groups is 1. The molecule has 2 aromatic rings. The van der Waals surface area contributed by atoms with Gasteiger partial charge in [0.1, 0.15) is 5.82 Å². The highest BCUT2D eigenvalue weighted by Gasteiger charge is 2.09. The van der Waals surface area contributed by atoms with E-state index in [4.69, 9.17) is 10.2 Å². The van der Waals surface area contributed by atoms with Gasteiger partial charge in [-0.2, -0.15) is 5.10 Å². The summed E-state index contributed by atoms with van der Waals surface area (Å²) in [6, 6.07) is 10.6. The summed E-state index contributed by atoms with van der Waals surface area (Å²) in [6.45, 7) is 5.52. The summed E-state index contributed by atoms with van der Waals surface area (Å²) in [7, 11) is 0. The van der Waals surface area contributed by atoms with Gasteiger partial charge in [0.15, 0.2) is 5.76 Å². The Morgan fingerprint density at radius 2 is 2.05 bits per heavy atom. The van der Waals surface area contributed by atoms with Crippen molar-refractivity contribution >= 4 is 17.3 Å². The molecular formula is C16H18N4O2. The number of amides is 1. The van der Waals surface area contributed by atoms with Gasteiger partial charge in [-0.25, -0.2) is 0 Å². The minimum Gasteiger partial charge on any atom is -0.459 e. The number of carbonyl (C=O) groups excluding carboxylic acids is 1. The van der Waals surface area contributed by atoms with Crippen LogP contribution in [0.5, 0.6) is 0 Å². The van der Waals surface area contributed by atoms with Crippen molar-refractivity contribution < 1.29 is 9.21 Å². The summed E-state index contributed by atoms with van der Waals surface area (Å²) in [4.78, 5) is 11.9. The van der Waals surface area contributed by atoms with E-state index in [0.717, 1.165) is 17.7 Å². The Hall–Kier alpha value is -3.02. The van der Waals surface area contributed by atoms with Gasteiger partial charge in [0.2, 0.25) is 0 Å². The number of rotatable bonds is 6. The van der Waals surface area contributed by atoms with Crippen molar-refractivity contribution in [3.05, 3.63) is 66.4 Å². The summed E-state index contributed by atoms with van der Waals surface area (Å²) in [5.41, 5.74) is 10.5. The molecule has 0 fully saturated rings. The summed E-state index contributed by atoms with van der Waals surface area (Å²) in [5, 5.41) is 6.94. The lowest BCUT2D eigenvalue weighted by molar-refractivity contribution is 0.0996. The first-order chi connectivity index (χ1) is 10.6. The van der Waals surface area contributed by atoms with Crippen LogP contribution in [0.25, 0.3) is 0 Å². The van der Waals surface area contributed by atoms with Gasteiger partial charge in [0.05, 0.1) is 12.0 Å². The van der Waals surface area contributed by atoms with E-state index in [0.29, 0.717) is 5.69 Å². The fraction of sp³-hybridized carbons (Fsp3) is 0.125. The molecule has 4 N–H and O–H groups in total. The third-order valence-corrected chi connectivity index (χ3v) is 2.89. The van der Waals surface area contributed by atoms with Crippen molar-refractivity contribution in [2.75, 3.05) is 5.32 Å². The number of hydrogen-bond donors (Lipinski definition) is 3. The van der Waals surface area contributed by atoms with Gasteiger partial charge in [-0.3, -0.25) is 10.2 Å². The van der Waals surface area contributed by atoms with Crippen LogP contribution in [-0.2, 0) is 0 Å². The molecule has 1 aromatic heterocycles. The van der Waals surface area contributed by atoms with E-state index >= 15 is 0 Å². The van der Waals surface area contributed by atoms with Crippen molar-refractivity contribution in [1.29, 1.82) is 0 Å². The number of nitrogens with one attached hydrogen (secondary N) is 2. The molecule has 1 aromatic carbocycles. The van der Waals surface area contributed by atoms with Crippen LogP contribution in [0.1, 0.15) is 29.5 Å². The van der Waals surface area contributed by atoms with Gasteiger partial charge < -0.3 is 15.5 Å². The fourth-order valence-corrected chi connectivity index (χ4v) is 1.83. The molecule has 0 aliphatic rings. The number of hydrogen-bond acceptors (Lipinski definition) is 5. The summed E-state index contributed by atoms with van der Waals surface area (Å²) in [6.07, 6.45) is 2.19. The molecule has 0 saturated heterocycles. The smallest absolute Gasteiger partial charge is 0.291 e. The van der Waals surface area contributed by atoms with Crippen molar-refractivity contribution in [2.24, 2.45) is 10.8 Å². The predicted octanol–water partition coefficient (Wildman–Crippen LogP) is 2.67. The molecule has 6 heteroatoms. The summed E-state index contributed by atoms with van der Waals surface area (Å²) in [5.74, 6) is 0.266. The third kappa shape index (κ3) is 3.99. The topological polar surface area (TPSA) is 92.6 Å². The zero-order valence-electron chi connectivity index (χ0n) is 12.3. The Balaban J connectivity index is 2.07. The van der Waals surface area contributed by atoms with Crippen LogP contribution in [0.15, 0.2) is 64.6 Å². The molecule has 2 rings (SSSR count). The van der Waals surface area contributed by atoms with Crippen LogP contribution in [0.2, 0.25) is 0 Å². The highest BCUT2D eigenvalue weighted by atomic mass is 16.3. The van der Waals surface area contributed by atoms with E-state index in [1.807, 2.05) is 19.1 Å². The Morgan fingerprint density at radius 3 is 2.59 bits per heavy atom. The van der Waals surface area contributed by atoms with Crippen LogP contribution < -0.4 is 16.5 Å². The van der Waals surface area contributed by atoms with Gasteiger partial charge in [-0.1, -0.05) is 25.6 Å². The second kappa shape index (κ2) is 7.12. The second-order valence-electron chi connectivity index (χ2n) is 4.56. The first-order valence-corrected chi connectivity index (χ1v) is 6.82. The molecule has 1 amide bonds. The fourth-order valence-electron chi connectivity index (χ4n) is 1.83. The monoisotopic (exact) mass is 298 g/mol. The SMILES string of the molecule is C=C(N)N/N=C(/CC)c1ccc(NC(=O)c2ccco2)cc1. The first-order valence-electron chi connectivity index (χ1n) is 6.82. The highest BCUT2D eigenvalue weighted by Crippen LogP contribution is 2.13. The van der Waals surface area contributed by atoms with Gasteiger partial charge in [0, 0.05) is 5.69 Å². The maximum Gasteiger partial charge on any atom is 0.291 e. The number of nitrogens with two attached hydrogens (primary N) is 1. The average molecular weight is 298 g/mol. The van der Waals surface area contributed by atoms with Gasteiger partial charge in [-0.15, -0.1) is 0 Å². The minimum absolute atomic E-state index is 0.269. The minimum atomic E-state index is -0.289. The molecule has 1 heterocycles. The van der Waals surface area contributed by atoms with E-state index in [1.54, 1.807) is 24.3 Å². The molecule has 0 atom stereocenters. The summed E-state index contributed by atoms with van der Waals surface area (Å²) < 4.78 is 5.04. The number of carbonyl (C=O) groups is 1. The van der Waals surface area contributed by atoms with Crippen LogP contribution in [0, 0.1) is 0 Å². The van der Waals surface area contributed by atoms with E-state index in [2.05, 4.69) is 22.4 Å². The van der Waals surface area contributed by atoms with Crippen LogP contribution in [0.3, 0.4) is 0 Å². The Labute approximate surface area is 128 Å². The zero-order valence-corrected chi connectivity index (χ0v) is 12.3. The van der Waals surface area contributed by atoms with Crippen molar-refractivity contribution in [3.8, 4) is 0 Å². The second-order valence-corrected chi connectivity index (χ2v) is 4.56. The molecule has 0 aliphatic carbocycles. The lowest BCUT2D eigenvalue weighted by Gasteiger charge is -2.07. The summed E-state index contributed by atoms with van der Waals surface area (Å²) >= 11 is 0. The number of anilines is 1. The van der Waals surface area contributed by atoms with E-state index < -0.39 is 0 Å². The molecule has 0 bridgehead atoms. The van der Waals surface area contributed by atoms with Crippen LogP contribution >= 0.6 is 0 Å². The normalized spacial score (nSPS) is 11.0. The van der Waals surface area contributed by atoms with Crippen molar-refractivity contribution in [3.63, 3.8) is 0 Å². The van der Waals surface area contributed by atoms with Gasteiger partial charge >= 0.3 is 0 Å². The Bertz CT molecular complexity index is 673. The highest BCUT2D eigenvalue weighted by molar-refractivity contribution is 6.03. The lowest BCUT2D eigenvalue weighted by atomic mass is 10.1. The molecule has 22 heavy (non-hydrogen) atoms. The first kappa shape index (κ1) is 15.4. The molecular weight excluding hydrogens is 280 g/mol. The largest absolute Gasteiger partial charge is 0.459 e. The number of furan rings is 1. The van der Waals surface area contributed by atoms with Gasteiger partial charge in [0.25, 0.3) is 5.91 Å². The lowest BCUT2D eigenvalue weighted by Crippen LogP contribution is -2.15. The van der Waals surface area contributed by atoms with E-state index in [-0.39, 0.29) is 17.5 Å². The molecule has 6 nitrogen and oxygen atoms in total. The molecule has 0 aliphatic heterocycles. The third-order valence-electron chi connectivity index (χ3n) is 2.89. The maximum atomic E-state index is 11.9. The molecule has 0 radical (unpaired) electrons. The Morgan fingerprint density at radius 1 is 1.32 bits per heavy atom. The van der Waals surface area contributed by atoms with Crippen LogP contribution in [0.4, 0.5) is 5.69 Å². The zero-order chi connectivity index (χ0) is 15.9. The molecule has 0 spiro atoms.